The van der Waals surface area contributed by atoms with Crippen molar-refractivity contribution in [1.82, 2.24) is 9.55 Å². The number of fused-ring (bicyclic) bond motifs is 1. The summed E-state index contributed by atoms with van der Waals surface area (Å²) in [6.45, 7) is 5.77. The molecule has 0 fully saturated rings. The first-order valence-electron chi connectivity index (χ1n) is 6.34. The number of rotatable bonds is 3. The van der Waals surface area contributed by atoms with E-state index in [4.69, 9.17) is 5.11 Å². The number of aromatic nitrogens is 2. The minimum absolute atomic E-state index is 0.0653. The van der Waals surface area contributed by atoms with Crippen molar-refractivity contribution < 1.29 is 9.90 Å². The van der Waals surface area contributed by atoms with E-state index in [1.165, 1.54) is 16.7 Å². The molecule has 0 aliphatic rings. The Hall–Kier alpha value is -2.37. The first-order valence-corrected chi connectivity index (χ1v) is 6.34. The van der Waals surface area contributed by atoms with Crippen LogP contribution in [0.25, 0.3) is 11.0 Å². The van der Waals surface area contributed by atoms with Crippen molar-refractivity contribution >= 4 is 17.0 Å². The third-order valence-electron chi connectivity index (χ3n) is 3.54. The van der Waals surface area contributed by atoms with Crippen LogP contribution in [-0.2, 0) is 0 Å². The van der Waals surface area contributed by atoms with Crippen LogP contribution in [0.4, 0.5) is 0 Å². The van der Waals surface area contributed by atoms with E-state index in [-0.39, 0.29) is 17.5 Å². The van der Waals surface area contributed by atoms with Gasteiger partial charge in [-0.1, -0.05) is 13.8 Å². The zero-order valence-electron chi connectivity index (χ0n) is 11.5. The quantitative estimate of drug-likeness (QED) is 0.833. The Balaban J connectivity index is 2.86. The van der Waals surface area contributed by atoms with Crippen LogP contribution in [0, 0.1) is 5.92 Å². The van der Waals surface area contributed by atoms with Crippen LogP contribution in [0.1, 0.15) is 37.2 Å². The molecule has 0 aliphatic heterocycles. The SMILES string of the molecule is CC(C)C(C)n1c(=O)c(=O)[nH]c2cc(C(=O)O)ccc21. The Labute approximate surface area is 114 Å². The van der Waals surface area contributed by atoms with Crippen LogP contribution in [0.15, 0.2) is 27.8 Å². The summed E-state index contributed by atoms with van der Waals surface area (Å²) in [5, 5.41) is 8.97. The minimum Gasteiger partial charge on any atom is -0.478 e. The van der Waals surface area contributed by atoms with Gasteiger partial charge in [0.1, 0.15) is 0 Å². The Morgan fingerprint density at radius 3 is 2.45 bits per heavy atom. The second-order valence-electron chi connectivity index (χ2n) is 5.15. The van der Waals surface area contributed by atoms with E-state index in [9.17, 15) is 14.4 Å². The molecule has 0 bridgehead atoms. The number of nitrogens with one attached hydrogen (secondary N) is 1. The van der Waals surface area contributed by atoms with Gasteiger partial charge in [-0.15, -0.1) is 0 Å². The fourth-order valence-electron chi connectivity index (χ4n) is 2.08. The van der Waals surface area contributed by atoms with Crippen molar-refractivity contribution in [2.24, 2.45) is 5.92 Å². The number of carboxylic acids is 1. The molecule has 0 radical (unpaired) electrons. The largest absolute Gasteiger partial charge is 0.478 e. The number of hydrogen-bond acceptors (Lipinski definition) is 3. The van der Waals surface area contributed by atoms with Gasteiger partial charge in [0.25, 0.3) is 0 Å². The molecule has 6 heteroatoms. The van der Waals surface area contributed by atoms with Crippen molar-refractivity contribution in [2.45, 2.75) is 26.8 Å². The van der Waals surface area contributed by atoms with Crippen LogP contribution in [0.5, 0.6) is 0 Å². The smallest absolute Gasteiger partial charge is 0.335 e. The van der Waals surface area contributed by atoms with Crippen LogP contribution >= 0.6 is 0 Å². The molecular weight excluding hydrogens is 260 g/mol. The van der Waals surface area contributed by atoms with Crippen molar-refractivity contribution in [3.63, 3.8) is 0 Å². The number of hydrogen-bond donors (Lipinski definition) is 2. The Bertz CT molecular complexity index is 786. The maximum Gasteiger partial charge on any atom is 0.335 e. The van der Waals surface area contributed by atoms with E-state index < -0.39 is 17.1 Å². The maximum atomic E-state index is 12.1. The van der Waals surface area contributed by atoms with Crippen LogP contribution < -0.4 is 11.1 Å². The summed E-state index contributed by atoms with van der Waals surface area (Å²) in [4.78, 5) is 37.2. The molecule has 2 aromatic rings. The highest BCUT2D eigenvalue weighted by molar-refractivity contribution is 5.92. The predicted octanol–water partition coefficient (Wildman–Crippen LogP) is 1.60. The average Bonchev–Trinajstić information content (AvgIpc) is 2.38. The van der Waals surface area contributed by atoms with E-state index in [1.807, 2.05) is 20.8 Å². The van der Waals surface area contributed by atoms with Gasteiger partial charge in [-0.3, -0.25) is 14.2 Å². The van der Waals surface area contributed by atoms with Crippen molar-refractivity contribution in [3.8, 4) is 0 Å². The summed E-state index contributed by atoms with van der Waals surface area (Å²) < 4.78 is 1.42. The molecule has 0 aliphatic carbocycles. The van der Waals surface area contributed by atoms with Crippen LogP contribution in [0.3, 0.4) is 0 Å². The van der Waals surface area contributed by atoms with Gasteiger partial charge in [-0.05, 0) is 31.0 Å². The number of carbonyl (C=O) groups is 1. The molecule has 106 valence electrons. The van der Waals surface area contributed by atoms with Crippen LogP contribution in [-0.4, -0.2) is 20.6 Å². The van der Waals surface area contributed by atoms with Crippen molar-refractivity contribution in [2.75, 3.05) is 0 Å². The first-order chi connectivity index (χ1) is 9.32. The number of aromatic amines is 1. The van der Waals surface area contributed by atoms with Gasteiger partial charge < -0.3 is 10.1 Å². The molecule has 2 rings (SSSR count). The third-order valence-corrected chi connectivity index (χ3v) is 3.54. The van der Waals surface area contributed by atoms with Gasteiger partial charge in [-0.25, -0.2) is 4.79 Å². The molecule has 0 spiro atoms. The van der Waals surface area contributed by atoms with Crippen molar-refractivity contribution in [1.29, 1.82) is 0 Å². The van der Waals surface area contributed by atoms with E-state index in [0.717, 1.165) is 0 Å². The van der Waals surface area contributed by atoms with E-state index >= 15 is 0 Å². The molecule has 0 amide bonds. The molecule has 0 saturated heterocycles. The summed E-state index contributed by atoms with van der Waals surface area (Å²) in [6, 6.07) is 4.17. The average molecular weight is 276 g/mol. The third kappa shape index (κ3) is 2.24. The molecule has 6 nitrogen and oxygen atoms in total. The van der Waals surface area contributed by atoms with Crippen LogP contribution in [0.2, 0.25) is 0 Å². The van der Waals surface area contributed by atoms with Crippen molar-refractivity contribution in [3.05, 3.63) is 44.5 Å². The zero-order chi connectivity index (χ0) is 15.0. The zero-order valence-corrected chi connectivity index (χ0v) is 11.5. The maximum absolute atomic E-state index is 12.1. The second kappa shape index (κ2) is 4.96. The summed E-state index contributed by atoms with van der Waals surface area (Å²) in [5.41, 5.74) is -0.423. The number of nitrogens with zero attached hydrogens (tertiary/aromatic N) is 1. The molecular formula is C14H16N2O4. The molecule has 20 heavy (non-hydrogen) atoms. The summed E-state index contributed by atoms with van der Waals surface area (Å²) in [7, 11) is 0. The topological polar surface area (TPSA) is 92.2 Å². The Kier molecular flexibility index (Phi) is 3.48. The highest BCUT2D eigenvalue weighted by Gasteiger charge is 2.17. The lowest BCUT2D eigenvalue weighted by Crippen LogP contribution is -2.38. The summed E-state index contributed by atoms with van der Waals surface area (Å²) >= 11 is 0. The molecule has 1 heterocycles. The standard InChI is InChI=1S/C14H16N2O4/c1-7(2)8(3)16-11-5-4-9(14(19)20)6-10(11)15-12(17)13(16)18/h4-8H,1-3H3,(H,15,17)(H,19,20). The van der Waals surface area contributed by atoms with Gasteiger partial charge in [-0.2, -0.15) is 0 Å². The molecule has 0 saturated carbocycles. The highest BCUT2D eigenvalue weighted by Crippen LogP contribution is 2.20. The lowest BCUT2D eigenvalue weighted by molar-refractivity contribution is 0.0697. The predicted molar refractivity (Wildman–Crippen MR) is 75.3 cm³/mol. The Morgan fingerprint density at radius 1 is 1.25 bits per heavy atom. The van der Waals surface area contributed by atoms with Gasteiger partial charge in [0.2, 0.25) is 0 Å². The number of H-pyrrole nitrogens is 1. The normalized spacial score (nSPS) is 12.8. The molecule has 2 N–H and O–H groups in total. The molecule has 1 atom stereocenters. The fourth-order valence-corrected chi connectivity index (χ4v) is 2.08. The van der Waals surface area contributed by atoms with Gasteiger partial charge in [0.15, 0.2) is 0 Å². The fraction of sp³-hybridized carbons (Fsp3) is 0.357. The van der Waals surface area contributed by atoms with Gasteiger partial charge in [0.05, 0.1) is 16.6 Å². The summed E-state index contributed by atoms with van der Waals surface area (Å²) in [6.07, 6.45) is 0. The van der Waals surface area contributed by atoms with Gasteiger partial charge in [0, 0.05) is 6.04 Å². The van der Waals surface area contributed by atoms with E-state index in [0.29, 0.717) is 11.0 Å². The highest BCUT2D eigenvalue weighted by atomic mass is 16.4. The number of benzene rings is 1. The monoisotopic (exact) mass is 276 g/mol. The summed E-state index contributed by atoms with van der Waals surface area (Å²) in [5.74, 6) is -0.917. The number of carboxylic acid groups (broad SMARTS) is 1. The minimum atomic E-state index is -1.08. The Morgan fingerprint density at radius 2 is 1.90 bits per heavy atom. The number of aromatic carboxylic acids is 1. The molecule has 1 aromatic heterocycles. The second-order valence-corrected chi connectivity index (χ2v) is 5.15. The lowest BCUT2D eigenvalue weighted by atomic mass is 10.1. The molecule has 1 aromatic carbocycles. The first kappa shape index (κ1) is 14.0. The lowest BCUT2D eigenvalue weighted by Gasteiger charge is -2.20. The molecule has 1 unspecified atom stereocenters. The van der Waals surface area contributed by atoms with Gasteiger partial charge >= 0.3 is 17.1 Å². The van der Waals surface area contributed by atoms with E-state index in [2.05, 4.69) is 4.98 Å². The van der Waals surface area contributed by atoms with E-state index in [1.54, 1.807) is 6.07 Å².